The third kappa shape index (κ3) is 3.61. The zero-order valence-electron chi connectivity index (χ0n) is 14.5. The van der Waals surface area contributed by atoms with Gasteiger partial charge < -0.3 is 9.64 Å². The molecule has 1 aromatic carbocycles. The standard InChI is InChI=1S/C18H28N2O2/c1-6-22-18(21)20-9-7-19(8-10-20)16(5)17-14(3)11-13(2)12-15(17)4/h11-12,16H,6-10H2,1-5H3/t16-/m0/s1. The van der Waals surface area contributed by atoms with E-state index in [4.69, 9.17) is 4.74 Å². The average Bonchev–Trinajstić information content (AvgIpc) is 2.46. The lowest BCUT2D eigenvalue weighted by Gasteiger charge is -2.38. The van der Waals surface area contributed by atoms with E-state index >= 15 is 0 Å². The quantitative estimate of drug-likeness (QED) is 0.857. The fraction of sp³-hybridized carbons (Fsp3) is 0.611. The van der Waals surface area contributed by atoms with Crippen molar-refractivity contribution in [3.63, 3.8) is 0 Å². The SMILES string of the molecule is CCOC(=O)N1CCN([C@@H](C)c2c(C)cc(C)cc2C)CC1. The summed E-state index contributed by atoms with van der Waals surface area (Å²) in [5.74, 6) is 0. The Balaban J connectivity index is 2.04. The Bertz CT molecular complexity index is 511. The van der Waals surface area contributed by atoms with Gasteiger partial charge in [-0.05, 0) is 51.3 Å². The van der Waals surface area contributed by atoms with Crippen LogP contribution in [0.5, 0.6) is 0 Å². The Kier molecular flexibility index (Phi) is 5.46. The van der Waals surface area contributed by atoms with Crippen molar-refractivity contribution < 1.29 is 9.53 Å². The molecule has 0 aliphatic carbocycles. The highest BCUT2D eigenvalue weighted by Gasteiger charge is 2.26. The fourth-order valence-electron chi connectivity index (χ4n) is 3.54. The number of carbonyl (C=O) groups is 1. The van der Waals surface area contributed by atoms with Gasteiger partial charge in [0, 0.05) is 32.2 Å². The van der Waals surface area contributed by atoms with Gasteiger partial charge in [-0.1, -0.05) is 17.7 Å². The second-order valence-electron chi connectivity index (χ2n) is 6.21. The van der Waals surface area contributed by atoms with Crippen molar-refractivity contribution in [3.8, 4) is 0 Å². The van der Waals surface area contributed by atoms with E-state index in [1.807, 2.05) is 11.8 Å². The number of rotatable bonds is 3. The van der Waals surface area contributed by atoms with Crippen LogP contribution in [0, 0.1) is 20.8 Å². The third-order valence-corrected chi connectivity index (χ3v) is 4.54. The molecule has 1 aliphatic heterocycles. The molecule has 2 rings (SSSR count). The zero-order chi connectivity index (χ0) is 16.3. The van der Waals surface area contributed by atoms with Crippen molar-refractivity contribution in [3.05, 3.63) is 34.4 Å². The molecule has 0 bridgehead atoms. The van der Waals surface area contributed by atoms with Gasteiger partial charge in [-0.2, -0.15) is 0 Å². The number of piperazine rings is 1. The number of hydrogen-bond donors (Lipinski definition) is 0. The summed E-state index contributed by atoms with van der Waals surface area (Å²) in [5.41, 5.74) is 5.46. The molecule has 0 spiro atoms. The Hall–Kier alpha value is -1.55. The van der Waals surface area contributed by atoms with E-state index in [2.05, 4.69) is 44.7 Å². The predicted octanol–water partition coefficient (Wildman–Crippen LogP) is 3.45. The molecule has 1 fully saturated rings. The normalized spacial score (nSPS) is 17.4. The fourth-order valence-corrected chi connectivity index (χ4v) is 3.54. The molecular formula is C18H28N2O2. The van der Waals surface area contributed by atoms with Crippen LogP contribution in [-0.2, 0) is 4.74 Å². The second kappa shape index (κ2) is 7.14. The van der Waals surface area contributed by atoms with Crippen LogP contribution in [-0.4, -0.2) is 48.7 Å². The molecule has 0 aromatic heterocycles. The highest BCUT2D eigenvalue weighted by atomic mass is 16.6. The monoisotopic (exact) mass is 304 g/mol. The number of carbonyl (C=O) groups excluding carboxylic acids is 1. The van der Waals surface area contributed by atoms with Crippen molar-refractivity contribution >= 4 is 6.09 Å². The molecule has 22 heavy (non-hydrogen) atoms. The largest absolute Gasteiger partial charge is 0.450 e. The van der Waals surface area contributed by atoms with Crippen LogP contribution in [0.1, 0.15) is 42.1 Å². The highest BCUT2D eigenvalue weighted by Crippen LogP contribution is 2.28. The van der Waals surface area contributed by atoms with Gasteiger partial charge in [-0.15, -0.1) is 0 Å². The van der Waals surface area contributed by atoms with Crippen LogP contribution in [0.3, 0.4) is 0 Å². The summed E-state index contributed by atoms with van der Waals surface area (Å²) in [4.78, 5) is 16.0. The molecule has 1 aromatic rings. The van der Waals surface area contributed by atoms with Gasteiger partial charge in [0.15, 0.2) is 0 Å². The van der Waals surface area contributed by atoms with Crippen molar-refractivity contribution in [2.75, 3.05) is 32.8 Å². The molecule has 0 unspecified atom stereocenters. The van der Waals surface area contributed by atoms with E-state index in [-0.39, 0.29) is 6.09 Å². The van der Waals surface area contributed by atoms with E-state index in [0.29, 0.717) is 12.6 Å². The summed E-state index contributed by atoms with van der Waals surface area (Å²) in [6.07, 6.45) is -0.183. The van der Waals surface area contributed by atoms with Crippen molar-refractivity contribution in [1.29, 1.82) is 0 Å². The molecular weight excluding hydrogens is 276 g/mol. The molecule has 4 heteroatoms. The van der Waals surface area contributed by atoms with Gasteiger partial charge in [0.2, 0.25) is 0 Å². The molecule has 0 radical (unpaired) electrons. The molecule has 0 saturated carbocycles. The van der Waals surface area contributed by atoms with E-state index in [1.54, 1.807) is 0 Å². The van der Waals surface area contributed by atoms with Crippen LogP contribution in [0.15, 0.2) is 12.1 Å². The number of aryl methyl sites for hydroxylation is 3. The highest BCUT2D eigenvalue weighted by molar-refractivity contribution is 5.67. The lowest BCUT2D eigenvalue weighted by Crippen LogP contribution is -2.49. The van der Waals surface area contributed by atoms with E-state index in [9.17, 15) is 4.79 Å². The van der Waals surface area contributed by atoms with Gasteiger partial charge >= 0.3 is 6.09 Å². The van der Waals surface area contributed by atoms with Crippen LogP contribution < -0.4 is 0 Å². The summed E-state index contributed by atoms with van der Waals surface area (Å²) in [6.45, 7) is 14.4. The van der Waals surface area contributed by atoms with E-state index in [1.165, 1.54) is 22.3 Å². The van der Waals surface area contributed by atoms with Gasteiger partial charge in [-0.25, -0.2) is 4.79 Å². The summed E-state index contributed by atoms with van der Waals surface area (Å²) in [5, 5.41) is 0. The Morgan fingerprint density at radius 2 is 1.68 bits per heavy atom. The van der Waals surface area contributed by atoms with Gasteiger partial charge in [0.1, 0.15) is 0 Å². The second-order valence-corrected chi connectivity index (χ2v) is 6.21. The minimum atomic E-state index is -0.183. The first-order valence-electron chi connectivity index (χ1n) is 8.17. The lowest BCUT2D eigenvalue weighted by atomic mass is 9.93. The van der Waals surface area contributed by atoms with E-state index in [0.717, 1.165) is 26.2 Å². The maximum atomic E-state index is 11.8. The van der Waals surface area contributed by atoms with Gasteiger partial charge in [-0.3, -0.25) is 4.90 Å². The summed E-state index contributed by atoms with van der Waals surface area (Å²) < 4.78 is 5.08. The van der Waals surface area contributed by atoms with Crippen LogP contribution in [0.2, 0.25) is 0 Å². The number of nitrogens with zero attached hydrogens (tertiary/aromatic N) is 2. The lowest BCUT2D eigenvalue weighted by molar-refractivity contribution is 0.0684. The number of amides is 1. The van der Waals surface area contributed by atoms with Crippen molar-refractivity contribution in [2.24, 2.45) is 0 Å². The Morgan fingerprint density at radius 1 is 1.14 bits per heavy atom. The van der Waals surface area contributed by atoms with Crippen LogP contribution in [0.4, 0.5) is 4.79 Å². The van der Waals surface area contributed by atoms with Gasteiger partial charge in [0.25, 0.3) is 0 Å². The van der Waals surface area contributed by atoms with Gasteiger partial charge in [0.05, 0.1) is 6.61 Å². The first-order chi connectivity index (χ1) is 10.4. The minimum Gasteiger partial charge on any atom is -0.450 e. The molecule has 1 saturated heterocycles. The third-order valence-electron chi connectivity index (χ3n) is 4.54. The summed E-state index contributed by atoms with van der Waals surface area (Å²) in [6, 6.07) is 4.89. The van der Waals surface area contributed by atoms with E-state index < -0.39 is 0 Å². The Morgan fingerprint density at radius 3 is 2.18 bits per heavy atom. The molecule has 1 heterocycles. The Labute approximate surface area is 134 Å². The predicted molar refractivity (Wildman–Crippen MR) is 89.2 cm³/mol. The smallest absolute Gasteiger partial charge is 0.409 e. The first kappa shape index (κ1) is 16.8. The van der Waals surface area contributed by atoms with Crippen LogP contribution >= 0.6 is 0 Å². The minimum absolute atomic E-state index is 0.183. The maximum absolute atomic E-state index is 11.8. The van der Waals surface area contributed by atoms with Crippen LogP contribution in [0.25, 0.3) is 0 Å². The molecule has 122 valence electrons. The maximum Gasteiger partial charge on any atom is 0.409 e. The number of hydrogen-bond acceptors (Lipinski definition) is 3. The summed E-state index contributed by atoms with van der Waals surface area (Å²) >= 11 is 0. The molecule has 1 amide bonds. The first-order valence-corrected chi connectivity index (χ1v) is 8.17. The summed E-state index contributed by atoms with van der Waals surface area (Å²) in [7, 11) is 0. The molecule has 4 nitrogen and oxygen atoms in total. The zero-order valence-corrected chi connectivity index (χ0v) is 14.5. The average molecular weight is 304 g/mol. The molecule has 0 N–H and O–H groups in total. The molecule has 1 atom stereocenters. The number of ether oxygens (including phenoxy) is 1. The molecule has 1 aliphatic rings. The number of benzene rings is 1. The topological polar surface area (TPSA) is 32.8 Å². The van der Waals surface area contributed by atoms with Crippen molar-refractivity contribution in [1.82, 2.24) is 9.80 Å². The van der Waals surface area contributed by atoms with Crippen molar-refractivity contribution in [2.45, 2.75) is 40.7 Å².